The Balaban J connectivity index is 2.81. The first kappa shape index (κ1) is 13.5. The van der Waals surface area contributed by atoms with Crippen LogP contribution in [0.25, 0.3) is 0 Å². The molecule has 0 heterocycles. The Hall–Kier alpha value is -0.530. The van der Waals surface area contributed by atoms with Gasteiger partial charge in [-0.1, -0.05) is 45.4 Å². The average molecular weight is 240 g/mol. The summed E-state index contributed by atoms with van der Waals surface area (Å²) in [6, 6.07) is 6.72. The molecule has 0 aromatic heterocycles. The molecular weight excluding hydrogens is 218 g/mol. The van der Waals surface area contributed by atoms with Crippen LogP contribution in [0.1, 0.15) is 38.8 Å². The van der Waals surface area contributed by atoms with Gasteiger partial charge in [0.1, 0.15) is 0 Å². The minimum absolute atomic E-state index is 0.505. The normalized spacial score (nSPS) is 11.4. The fraction of sp³-hybridized carbons (Fsp3) is 0.571. The van der Waals surface area contributed by atoms with E-state index in [4.69, 9.17) is 11.6 Å². The molecule has 0 saturated carbocycles. The number of hydrogen-bond acceptors (Lipinski definition) is 1. The quantitative estimate of drug-likeness (QED) is 0.818. The molecule has 0 atom stereocenters. The van der Waals surface area contributed by atoms with Gasteiger partial charge in [-0.25, -0.2) is 0 Å². The molecule has 0 amide bonds. The molecule has 90 valence electrons. The first-order valence-corrected chi connectivity index (χ1v) is 6.37. The first-order valence-electron chi connectivity index (χ1n) is 5.99. The van der Waals surface area contributed by atoms with Gasteiger partial charge in [0.05, 0.1) is 0 Å². The molecule has 1 nitrogen and oxygen atoms in total. The van der Waals surface area contributed by atoms with Gasteiger partial charge in [-0.15, -0.1) is 0 Å². The third-order valence-corrected chi connectivity index (χ3v) is 2.73. The lowest BCUT2D eigenvalue weighted by atomic mass is 9.98. The van der Waals surface area contributed by atoms with Crippen molar-refractivity contribution < 1.29 is 0 Å². The van der Waals surface area contributed by atoms with Gasteiger partial charge in [-0.2, -0.15) is 0 Å². The third-order valence-electron chi connectivity index (χ3n) is 2.50. The fourth-order valence-corrected chi connectivity index (χ4v) is 1.91. The maximum atomic E-state index is 6.04. The standard InChI is InChI=1S/C14H22ClN/c1-10(2)7-12-5-6-14(15)8-13(12)9-16-11(3)4/h5-6,8,10-11,16H,7,9H2,1-4H3. The zero-order valence-corrected chi connectivity index (χ0v) is 11.4. The minimum atomic E-state index is 0.505. The third kappa shape index (κ3) is 4.54. The van der Waals surface area contributed by atoms with E-state index >= 15 is 0 Å². The van der Waals surface area contributed by atoms with Crippen LogP contribution in [0.4, 0.5) is 0 Å². The second kappa shape index (κ2) is 6.27. The molecule has 0 aliphatic heterocycles. The fourth-order valence-electron chi connectivity index (χ4n) is 1.71. The van der Waals surface area contributed by atoms with Gasteiger partial charge >= 0.3 is 0 Å². The molecule has 0 saturated heterocycles. The highest BCUT2D eigenvalue weighted by Crippen LogP contribution is 2.19. The van der Waals surface area contributed by atoms with Crippen LogP contribution in [0.3, 0.4) is 0 Å². The van der Waals surface area contributed by atoms with E-state index in [-0.39, 0.29) is 0 Å². The highest BCUT2D eigenvalue weighted by molar-refractivity contribution is 6.30. The molecule has 0 spiro atoms. The summed E-state index contributed by atoms with van der Waals surface area (Å²) < 4.78 is 0. The van der Waals surface area contributed by atoms with Crippen molar-refractivity contribution in [3.05, 3.63) is 34.3 Å². The highest BCUT2D eigenvalue weighted by Gasteiger charge is 2.06. The Morgan fingerprint density at radius 2 is 1.81 bits per heavy atom. The van der Waals surface area contributed by atoms with Crippen LogP contribution in [0.15, 0.2) is 18.2 Å². The molecule has 0 unspecified atom stereocenters. The van der Waals surface area contributed by atoms with Crippen LogP contribution in [0, 0.1) is 5.92 Å². The summed E-state index contributed by atoms with van der Waals surface area (Å²) in [7, 11) is 0. The Morgan fingerprint density at radius 1 is 1.12 bits per heavy atom. The number of nitrogens with one attached hydrogen (secondary N) is 1. The van der Waals surface area contributed by atoms with E-state index in [2.05, 4.69) is 45.1 Å². The van der Waals surface area contributed by atoms with Crippen LogP contribution in [-0.4, -0.2) is 6.04 Å². The second-order valence-electron chi connectivity index (χ2n) is 5.05. The summed E-state index contributed by atoms with van der Waals surface area (Å²) in [5.41, 5.74) is 2.74. The SMILES string of the molecule is CC(C)Cc1ccc(Cl)cc1CNC(C)C. The van der Waals surface area contributed by atoms with Gasteiger partial charge in [0, 0.05) is 17.6 Å². The van der Waals surface area contributed by atoms with Crippen LogP contribution < -0.4 is 5.32 Å². The number of rotatable bonds is 5. The van der Waals surface area contributed by atoms with E-state index in [1.165, 1.54) is 11.1 Å². The largest absolute Gasteiger partial charge is 0.310 e. The molecule has 1 rings (SSSR count). The zero-order valence-electron chi connectivity index (χ0n) is 10.7. The summed E-state index contributed by atoms with van der Waals surface area (Å²) in [5.74, 6) is 0.680. The highest BCUT2D eigenvalue weighted by atomic mass is 35.5. The molecule has 1 N–H and O–H groups in total. The van der Waals surface area contributed by atoms with Crippen molar-refractivity contribution in [2.24, 2.45) is 5.92 Å². The summed E-state index contributed by atoms with van der Waals surface area (Å²) in [6.45, 7) is 9.71. The summed E-state index contributed by atoms with van der Waals surface area (Å²) in [5, 5.41) is 4.27. The Kier molecular flexibility index (Phi) is 5.30. The van der Waals surface area contributed by atoms with E-state index in [0.29, 0.717) is 12.0 Å². The van der Waals surface area contributed by atoms with Gasteiger partial charge in [-0.3, -0.25) is 0 Å². The molecule has 0 fully saturated rings. The Morgan fingerprint density at radius 3 is 2.38 bits per heavy atom. The maximum absolute atomic E-state index is 6.04. The minimum Gasteiger partial charge on any atom is -0.310 e. The van der Waals surface area contributed by atoms with Crippen LogP contribution in [0.5, 0.6) is 0 Å². The monoisotopic (exact) mass is 239 g/mol. The summed E-state index contributed by atoms with van der Waals surface area (Å²) in [4.78, 5) is 0. The van der Waals surface area contributed by atoms with Gasteiger partial charge in [0.25, 0.3) is 0 Å². The molecule has 1 aromatic rings. The molecule has 0 bridgehead atoms. The van der Waals surface area contributed by atoms with Crippen LogP contribution >= 0.6 is 11.6 Å². The Labute approximate surface area is 104 Å². The van der Waals surface area contributed by atoms with Crippen molar-refractivity contribution >= 4 is 11.6 Å². The van der Waals surface area contributed by atoms with Crippen LogP contribution in [-0.2, 0) is 13.0 Å². The maximum Gasteiger partial charge on any atom is 0.0409 e. The van der Waals surface area contributed by atoms with Crippen LogP contribution in [0.2, 0.25) is 5.02 Å². The van der Waals surface area contributed by atoms with E-state index < -0.39 is 0 Å². The smallest absolute Gasteiger partial charge is 0.0409 e. The topological polar surface area (TPSA) is 12.0 Å². The van der Waals surface area contributed by atoms with Gasteiger partial charge in [0.2, 0.25) is 0 Å². The second-order valence-corrected chi connectivity index (χ2v) is 5.48. The lowest BCUT2D eigenvalue weighted by Crippen LogP contribution is -2.22. The van der Waals surface area contributed by atoms with Crippen molar-refractivity contribution in [3.63, 3.8) is 0 Å². The van der Waals surface area contributed by atoms with Crippen molar-refractivity contribution in [1.29, 1.82) is 0 Å². The van der Waals surface area contributed by atoms with Gasteiger partial charge in [0.15, 0.2) is 0 Å². The van der Waals surface area contributed by atoms with E-state index in [1.54, 1.807) is 0 Å². The van der Waals surface area contributed by atoms with Gasteiger partial charge < -0.3 is 5.32 Å². The van der Waals surface area contributed by atoms with Crippen molar-refractivity contribution in [3.8, 4) is 0 Å². The molecule has 0 aliphatic carbocycles. The van der Waals surface area contributed by atoms with Crippen molar-refractivity contribution in [1.82, 2.24) is 5.32 Å². The average Bonchev–Trinajstić information content (AvgIpc) is 2.17. The molecule has 0 radical (unpaired) electrons. The summed E-state index contributed by atoms with van der Waals surface area (Å²) in [6.07, 6.45) is 1.12. The molecule has 1 aromatic carbocycles. The predicted octanol–water partition coefficient (Wildman–Crippen LogP) is 4.04. The van der Waals surface area contributed by atoms with Gasteiger partial charge in [-0.05, 0) is 35.6 Å². The Bertz CT molecular complexity index is 332. The zero-order chi connectivity index (χ0) is 12.1. The van der Waals surface area contributed by atoms with E-state index in [9.17, 15) is 0 Å². The molecular formula is C14H22ClN. The van der Waals surface area contributed by atoms with Crippen molar-refractivity contribution in [2.75, 3.05) is 0 Å². The number of benzene rings is 1. The number of hydrogen-bond donors (Lipinski definition) is 1. The predicted molar refractivity (Wildman–Crippen MR) is 72.0 cm³/mol. The number of halogens is 1. The molecule has 16 heavy (non-hydrogen) atoms. The van der Waals surface area contributed by atoms with Crippen molar-refractivity contribution in [2.45, 2.75) is 46.7 Å². The lowest BCUT2D eigenvalue weighted by Gasteiger charge is -2.14. The molecule has 0 aliphatic rings. The lowest BCUT2D eigenvalue weighted by molar-refractivity contribution is 0.579. The van der Waals surface area contributed by atoms with E-state index in [0.717, 1.165) is 18.0 Å². The summed E-state index contributed by atoms with van der Waals surface area (Å²) >= 11 is 6.04. The first-order chi connectivity index (χ1) is 7.49. The van der Waals surface area contributed by atoms with E-state index in [1.807, 2.05) is 6.07 Å². The molecule has 2 heteroatoms.